The summed E-state index contributed by atoms with van der Waals surface area (Å²) in [4.78, 5) is 29.9. The lowest BCUT2D eigenvalue weighted by molar-refractivity contribution is -0.0670. The molecule has 3 aliphatic heterocycles. The van der Waals surface area contributed by atoms with Gasteiger partial charge in [0.05, 0.1) is 31.6 Å². The number of carbonyl (C=O) groups is 1. The van der Waals surface area contributed by atoms with E-state index in [0.29, 0.717) is 44.0 Å². The Kier molecular flexibility index (Phi) is 6.50. The van der Waals surface area contributed by atoms with Gasteiger partial charge in [0.1, 0.15) is 0 Å². The molecule has 10 heteroatoms. The van der Waals surface area contributed by atoms with E-state index in [2.05, 4.69) is 48.8 Å². The summed E-state index contributed by atoms with van der Waals surface area (Å²) in [5.74, 6) is 0.511. The molecule has 1 aromatic carbocycles. The van der Waals surface area contributed by atoms with Gasteiger partial charge in [0, 0.05) is 74.7 Å². The number of hydrogen-bond donors (Lipinski definition) is 1. The molecule has 3 fully saturated rings. The lowest BCUT2D eigenvalue weighted by atomic mass is 9.80. The van der Waals surface area contributed by atoms with E-state index in [4.69, 9.17) is 4.74 Å². The number of piperazine rings is 1. The molecule has 5 heterocycles. The molecule has 216 valence electrons. The lowest BCUT2D eigenvalue weighted by Crippen LogP contribution is -2.67. The highest BCUT2D eigenvalue weighted by Gasteiger charge is 2.53. The van der Waals surface area contributed by atoms with E-state index in [1.807, 2.05) is 25.1 Å². The van der Waals surface area contributed by atoms with Gasteiger partial charge in [0.2, 0.25) is 5.95 Å². The zero-order valence-electron chi connectivity index (χ0n) is 24.1. The number of nitrogens with one attached hydrogen (secondary N) is 1. The van der Waals surface area contributed by atoms with Gasteiger partial charge in [-0.05, 0) is 56.0 Å². The molecule has 7 rings (SSSR count). The number of hydrogen-bond acceptors (Lipinski definition) is 7. The van der Waals surface area contributed by atoms with Crippen molar-refractivity contribution in [2.45, 2.75) is 63.3 Å². The van der Waals surface area contributed by atoms with Gasteiger partial charge in [-0.2, -0.15) is 0 Å². The maximum Gasteiger partial charge on any atom is 0.254 e. The smallest absolute Gasteiger partial charge is 0.254 e. The highest BCUT2D eigenvalue weighted by molar-refractivity contribution is 5.98. The molecule has 1 saturated carbocycles. The van der Waals surface area contributed by atoms with Crippen molar-refractivity contribution in [3.8, 4) is 5.75 Å². The second-order valence-electron chi connectivity index (χ2n) is 12.2. The van der Waals surface area contributed by atoms with Gasteiger partial charge in [-0.25, -0.2) is 9.37 Å². The average Bonchev–Trinajstić information content (AvgIpc) is 3.58. The Morgan fingerprint density at radius 2 is 1.93 bits per heavy atom. The molecule has 41 heavy (non-hydrogen) atoms. The number of benzene rings is 1. The summed E-state index contributed by atoms with van der Waals surface area (Å²) < 4.78 is 21.7. The van der Waals surface area contributed by atoms with Gasteiger partial charge in [-0.15, -0.1) is 0 Å². The van der Waals surface area contributed by atoms with Crippen molar-refractivity contribution in [1.82, 2.24) is 29.2 Å². The molecule has 2 atom stereocenters. The number of ether oxygens (including phenoxy) is 1. The first-order chi connectivity index (χ1) is 19.9. The molecule has 1 amide bonds. The van der Waals surface area contributed by atoms with Crippen LogP contribution in [0, 0.1) is 5.82 Å². The largest absolute Gasteiger partial charge is 0.491 e. The Labute approximate surface area is 240 Å². The summed E-state index contributed by atoms with van der Waals surface area (Å²) in [5.41, 5.74) is 5.06. The number of imidazole rings is 1. The molecule has 2 aromatic heterocycles. The topological polar surface area (TPSA) is 78.8 Å². The summed E-state index contributed by atoms with van der Waals surface area (Å²) in [7, 11) is 4.08. The van der Waals surface area contributed by atoms with Gasteiger partial charge in [-0.3, -0.25) is 14.7 Å². The fraction of sp³-hybridized carbons (Fsp3) is 0.516. The SMILES string of the molecule is CCOc1cc(CN2CC3(CC3)c3c(CN4C5CC4CN(C)C5)cc(Cn4ccnc4NC)cc3C2=O)ncc1F. The van der Waals surface area contributed by atoms with E-state index in [0.717, 1.165) is 49.6 Å². The Hall–Kier alpha value is -3.50. The molecule has 2 unspecified atom stereocenters. The van der Waals surface area contributed by atoms with E-state index >= 15 is 0 Å². The molecular formula is C31H38FN7O2. The Morgan fingerprint density at radius 1 is 1.12 bits per heavy atom. The van der Waals surface area contributed by atoms with Crippen LogP contribution in [0.2, 0.25) is 0 Å². The highest BCUT2D eigenvalue weighted by atomic mass is 19.1. The number of piperidine rings is 1. The third-order valence-electron chi connectivity index (χ3n) is 9.38. The van der Waals surface area contributed by atoms with E-state index in [9.17, 15) is 9.18 Å². The Bertz CT molecular complexity index is 1470. The number of halogens is 1. The standard InChI is InChI=1S/C31H38FN7O2/c1-4-41-27-11-22(35-13-26(27)32)16-38-19-31(5-6-31)28-21(15-39-23-12-24(39)18-36(3)17-23)9-20(10-25(28)29(38)40)14-37-8-7-34-30(37)33-2/h7-11,13,23-24H,4-6,12,14-19H2,1-3H3,(H,33,34). The third-order valence-corrected chi connectivity index (χ3v) is 9.38. The van der Waals surface area contributed by atoms with Crippen LogP contribution in [-0.4, -0.2) is 87.6 Å². The molecule has 1 N–H and O–H groups in total. The zero-order valence-corrected chi connectivity index (χ0v) is 24.1. The number of amides is 1. The molecule has 1 aliphatic carbocycles. The first kappa shape index (κ1) is 26.4. The fourth-order valence-electron chi connectivity index (χ4n) is 7.38. The van der Waals surface area contributed by atoms with Crippen LogP contribution in [0.5, 0.6) is 5.75 Å². The van der Waals surface area contributed by atoms with E-state index in [1.165, 1.54) is 23.7 Å². The monoisotopic (exact) mass is 559 g/mol. The van der Waals surface area contributed by atoms with Crippen molar-refractivity contribution in [1.29, 1.82) is 0 Å². The molecule has 4 aliphatic rings. The number of carbonyl (C=O) groups excluding carboxylic acids is 1. The van der Waals surface area contributed by atoms with Crippen LogP contribution in [0.4, 0.5) is 10.3 Å². The minimum Gasteiger partial charge on any atom is -0.491 e. The number of nitrogens with zero attached hydrogens (tertiary/aromatic N) is 6. The Balaban J connectivity index is 1.25. The lowest BCUT2D eigenvalue weighted by Gasteiger charge is -2.56. The average molecular weight is 560 g/mol. The van der Waals surface area contributed by atoms with Gasteiger partial charge in [0.25, 0.3) is 5.91 Å². The summed E-state index contributed by atoms with van der Waals surface area (Å²) in [5, 5.41) is 3.16. The molecule has 9 nitrogen and oxygen atoms in total. The minimum atomic E-state index is -0.485. The van der Waals surface area contributed by atoms with Crippen LogP contribution in [0.1, 0.15) is 58.9 Å². The summed E-state index contributed by atoms with van der Waals surface area (Å²) >= 11 is 0. The quantitative estimate of drug-likeness (QED) is 0.430. The number of likely N-dealkylation sites (N-methyl/N-ethyl adjacent to an activating group) is 1. The van der Waals surface area contributed by atoms with Crippen molar-refractivity contribution >= 4 is 11.9 Å². The molecule has 0 radical (unpaired) electrons. The second kappa shape index (κ2) is 10.1. The van der Waals surface area contributed by atoms with Crippen LogP contribution < -0.4 is 10.1 Å². The zero-order chi connectivity index (χ0) is 28.3. The van der Waals surface area contributed by atoms with E-state index in [-0.39, 0.29) is 17.1 Å². The Morgan fingerprint density at radius 3 is 2.66 bits per heavy atom. The maximum absolute atomic E-state index is 14.2. The number of pyridine rings is 1. The minimum absolute atomic E-state index is 0.0210. The molecule has 2 saturated heterocycles. The number of anilines is 1. The third kappa shape index (κ3) is 4.67. The van der Waals surface area contributed by atoms with Crippen LogP contribution in [0.3, 0.4) is 0 Å². The van der Waals surface area contributed by atoms with Crippen LogP contribution in [0.25, 0.3) is 0 Å². The van der Waals surface area contributed by atoms with Crippen molar-refractivity contribution < 1.29 is 13.9 Å². The molecule has 3 aromatic rings. The number of aromatic nitrogens is 3. The first-order valence-electron chi connectivity index (χ1n) is 14.7. The maximum atomic E-state index is 14.2. The number of fused-ring (bicyclic) bond motifs is 4. The van der Waals surface area contributed by atoms with Gasteiger partial charge in [0.15, 0.2) is 11.6 Å². The van der Waals surface area contributed by atoms with Gasteiger partial charge >= 0.3 is 0 Å². The first-order valence-corrected chi connectivity index (χ1v) is 14.7. The summed E-state index contributed by atoms with van der Waals surface area (Å²) in [6.45, 7) is 6.90. The molecule has 2 bridgehead atoms. The summed E-state index contributed by atoms with van der Waals surface area (Å²) in [6.07, 6.45) is 8.35. The van der Waals surface area contributed by atoms with Crippen molar-refractivity contribution in [3.05, 3.63) is 70.6 Å². The second-order valence-corrected chi connectivity index (χ2v) is 12.2. The molecule has 1 spiro atoms. The summed E-state index contributed by atoms with van der Waals surface area (Å²) in [6, 6.07) is 7.23. The normalized spacial score (nSPS) is 22.9. The van der Waals surface area contributed by atoms with E-state index < -0.39 is 5.82 Å². The van der Waals surface area contributed by atoms with Crippen molar-refractivity contribution in [2.75, 3.05) is 45.7 Å². The number of likely N-dealkylation sites (tertiary alicyclic amines) is 2. The van der Waals surface area contributed by atoms with Crippen LogP contribution in [-0.2, 0) is 25.0 Å². The predicted octanol–water partition coefficient (Wildman–Crippen LogP) is 3.48. The number of rotatable bonds is 9. The predicted molar refractivity (Wildman–Crippen MR) is 154 cm³/mol. The fourth-order valence-corrected chi connectivity index (χ4v) is 7.38. The van der Waals surface area contributed by atoms with Crippen LogP contribution in [0.15, 0.2) is 36.8 Å². The van der Waals surface area contributed by atoms with Gasteiger partial charge in [-0.1, -0.05) is 6.07 Å². The van der Waals surface area contributed by atoms with Crippen molar-refractivity contribution in [2.24, 2.45) is 0 Å². The molecular weight excluding hydrogens is 521 g/mol. The highest BCUT2D eigenvalue weighted by Crippen LogP contribution is 2.54. The van der Waals surface area contributed by atoms with Crippen molar-refractivity contribution in [3.63, 3.8) is 0 Å². The van der Waals surface area contributed by atoms with Gasteiger partial charge < -0.3 is 24.4 Å². The van der Waals surface area contributed by atoms with E-state index in [1.54, 1.807) is 12.3 Å². The van der Waals surface area contributed by atoms with Crippen LogP contribution >= 0.6 is 0 Å².